The van der Waals surface area contributed by atoms with E-state index in [2.05, 4.69) is 20.6 Å². The molecule has 0 aliphatic heterocycles. The van der Waals surface area contributed by atoms with Crippen LogP contribution in [0.3, 0.4) is 0 Å². The van der Waals surface area contributed by atoms with Crippen LogP contribution in [0.15, 0.2) is 24.4 Å². The Labute approximate surface area is 114 Å². The zero-order valence-electron chi connectivity index (χ0n) is 10.8. The molecule has 0 unspecified atom stereocenters. The summed E-state index contributed by atoms with van der Waals surface area (Å²) in [4.78, 5) is 18.1. The van der Waals surface area contributed by atoms with Crippen molar-refractivity contribution < 1.29 is 9.31 Å². The Hall–Kier alpha value is -2.77. The Bertz CT molecular complexity index is 642. The molecule has 0 spiro atoms. The fraction of sp³-hybridized carbons (Fsp3) is 0.167. The van der Waals surface area contributed by atoms with Crippen LogP contribution in [0.4, 0.5) is 27.5 Å². The number of hydrogen-bond acceptors (Lipinski definition) is 6. The maximum atomic E-state index is 13.3. The van der Waals surface area contributed by atoms with Gasteiger partial charge in [-0.25, -0.2) is 9.37 Å². The fourth-order valence-electron chi connectivity index (χ4n) is 1.67. The van der Waals surface area contributed by atoms with Crippen molar-refractivity contribution in [1.82, 2.24) is 9.97 Å². The molecule has 1 aromatic heterocycles. The normalized spacial score (nSPS) is 10.2. The van der Waals surface area contributed by atoms with E-state index < -0.39 is 10.7 Å². The minimum atomic E-state index is -0.603. The molecule has 20 heavy (non-hydrogen) atoms. The highest BCUT2D eigenvalue weighted by Crippen LogP contribution is 2.26. The molecule has 8 heteroatoms. The second kappa shape index (κ2) is 5.47. The van der Waals surface area contributed by atoms with Gasteiger partial charge >= 0.3 is 5.69 Å². The lowest BCUT2D eigenvalue weighted by Gasteiger charge is -2.08. The van der Waals surface area contributed by atoms with E-state index in [1.165, 1.54) is 12.1 Å². The van der Waals surface area contributed by atoms with Crippen LogP contribution in [0.1, 0.15) is 5.56 Å². The molecule has 0 fully saturated rings. The summed E-state index contributed by atoms with van der Waals surface area (Å²) in [6, 6.07) is 4.25. The number of nitrogens with zero attached hydrogens (tertiary/aromatic N) is 3. The second-order valence-electron chi connectivity index (χ2n) is 4.08. The molecule has 0 saturated heterocycles. The quantitative estimate of drug-likeness (QED) is 0.659. The predicted octanol–water partition coefficient (Wildman–Crippen LogP) is 2.62. The highest BCUT2D eigenvalue weighted by molar-refractivity contribution is 5.66. The highest BCUT2D eigenvalue weighted by Gasteiger charge is 2.17. The van der Waals surface area contributed by atoms with Gasteiger partial charge in [0.05, 0.1) is 4.92 Å². The van der Waals surface area contributed by atoms with Crippen LogP contribution in [0.2, 0.25) is 0 Å². The molecule has 0 bridgehead atoms. The lowest BCUT2D eigenvalue weighted by Crippen LogP contribution is -2.04. The summed E-state index contributed by atoms with van der Waals surface area (Å²) in [5.74, 6) is -0.205. The molecule has 2 aromatic rings. The van der Waals surface area contributed by atoms with E-state index in [1.807, 2.05) is 0 Å². The van der Waals surface area contributed by atoms with E-state index in [1.54, 1.807) is 20.0 Å². The van der Waals surface area contributed by atoms with Gasteiger partial charge in [-0.2, -0.15) is 4.98 Å². The molecule has 1 aromatic carbocycles. The predicted molar refractivity (Wildman–Crippen MR) is 72.7 cm³/mol. The zero-order chi connectivity index (χ0) is 14.7. The number of halogens is 1. The van der Waals surface area contributed by atoms with Gasteiger partial charge in [0.25, 0.3) is 0 Å². The van der Waals surface area contributed by atoms with Crippen LogP contribution in [-0.4, -0.2) is 21.9 Å². The molecule has 0 saturated carbocycles. The van der Waals surface area contributed by atoms with Gasteiger partial charge in [0.1, 0.15) is 12.0 Å². The van der Waals surface area contributed by atoms with Gasteiger partial charge in [0.15, 0.2) is 0 Å². The molecule has 104 valence electrons. The van der Waals surface area contributed by atoms with Crippen molar-refractivity contribution in [1.29, 1.82) is 0 Å². The third kappa shape index (κ3) is 2.97. The largest absolute Gasteiger partial charge is 0.357 e. The van der Waals surface area contributed by atoms with E-state index in [-0.39, 0.29) is 17.5 Å². The standard InChI is InChI=1S/C12H12FN5O2/c1-7-3-8(13)5-9(4-7)16-11-10(18(19)20)6-15-12(14-2)17-11/h3-6H,1-2H3,(H2,14,15,16,17). The van der Waals surface area contributed by atoms with Gasteiger partial charge in [-0.3, -0.25) is 10.1 Å². The molecule has 0 amide bonds. The first-order valence-electron chi connectivity index (χ1n) is 5.73. The molecular weight excluding hydrogens is 265 g/mol. The van der Waals surface area contributed by atoms with Crippen molar-refractivity contribution in [2.24, 2.45) is 0 Å². The summed E-state index contributed by atoms with van der Waals surface area (Å²) >= 11 is 0. The molecule has 0 radical (unpaired) electrons. The van der Waals surface area contributed by atoms with Gasteiger partial charge in [-0.05, 0) is 30.7 Å². The molecule has 7 nitrogen and oxygen atoms in total. The van der Waals surface area contributed by atoms with Crippen molar-refractivity contribution in [3.63, 3.8) is 0 Å². The van der Waals surface area contributed by atoms with Crippen LogP contribution < -0.4 is 10.6 Å². The van der Waals surface area contributed by atoms with Crippen molar-refractivity contribution in [3.05, 3.63) is 45.9 Å². The molecule has 0 atom stereocenters. The van der Waals surface area contributed by atoms with Gasteiger partial charge in [-0.1, -0.05) is 0 Å². The first kappa shape index (κ1) is 13.7. The Morgan fingerprint density at radius 2 is 2.10 bits per heavy atom. The second-order valence-corrected chi connectivity index (χ2v) is 4.08. The number of benzene rings is 1. The minimum absolute atomic E-state index is 0.000602. The summed E-state index contributed by atoms with van der Waals surface area (Å²) in [5, 5.41) is 16.4. The van der Waals surface area contributed by atoms with E-state index in [9.17, 15) is 14.5 Å². The van der Waals surface area contributed by atoms with Crippen LogP contribution in [0.25, 0.3) is 0 Å². The SMILES string of the molecule is CNc1ncc([N+](=O)[O-])c(Nc2cc(C)cc(F)c2)n1. The number of nitrogens with one attached hydrogen (secondary N) is 2. The third-order valence-electron chi connectivity index (χ3n) is 2.49. The number of nitro groups is 1. The van der Waals surface area contributed by atoms with Crippen LogP contribution in [0, 0.1) is 22.9 Å². The van der Waals surface area contributed by atoms with Crippen molar-refractivity contribution in [3.8, 4) is 0 Å². The molecular formula is C12H12FN5O2. The Morgan fingerprint density at radius 1 is 1.35 bits per heavy atom. The molecule has 0 aliphatic carbocycles. The van der Waals surface area contributed by atoms with E-state index in [0.29, 0.717) is 11.3 Å². The summed E-state index contributed by atoms with van der Waals surface area (Å²) in [6.45, 7) is 1.72. The van der Waals surface area contributed by atoms with Crippen molar-refractivity contribution >= 4 is 23.1 Å². The number of aromatic nitrogens is 2. The van der Waals surface area contributed by atoms with Crippen molar-refractivity contribution in [2.45, 2.75) is 6.92 Å². The molecule has 2 N–H and O–H groups in total. The summed E-state index contributed by atoms with van der Waals surface area (Å²) in [5.41, 5.74) is 0.787. The summed E-state index contributed by atoms with van der Waals surface area (Å²) in [7, 11) is 1.59. The summed E-state index contributed by atoms with van der Waals surface area (Å²) in [6.07, 6.45) is 1.09. The first-order valence-corrected chi connectivity index (χ1v) is 5.73. The number of rotatable bonds is 4. The maximum Gasteiger partial charge on any atom is 0.329 e. The number of hydrogen-bond donors (Lipinski definition) is 2. The van der Waals surface area contributed by atoms with Gasteiger partial charge in [0, 0.05) is 12.7 Å². The van der Waals surface area contributed by atoms with E-state index in [4.69, 9.17) is 0 Å². The Kier molecular flexibility index (Phi) is 3.74. The first-order chi connectivity index (χ1) is 9.49. The lowest BCUT2D eigenvalue weighted by molar-refractivity contribution is -0.384. The lowest BCUT2D eigenvalue weighted by atomic mass is 10.2. The minimum Gasteiger partial charge on any atom is -0.357 e. The van der Waals surface area contributed by atoms with Crippen LogP contribution in [-0.2, 0) is 0 Å². The smallest absolute Gasteiger partial charge is 0.329 e. The maximum absolute atomic E-state index is 13.3. The summed E-state index contributed by atoms with van der Waals surface area (Å²) < 4.78 is 13.3. The Morgan fingerprint density at radius 3 is 2.70 bits per heavy atom. The highest BCUT2D eigenvalue weighted by atomic mass is 19.1. The monoisotopic (exact) mass is 277 g/mol. The Balaban J connectivity index is 2.42. The molecule has 1 heterocycles. The average molecular weight is 277 g/mol. The number of anilines is 3. The van der Waals surface area contributed by atoms with E-state index >= 15 is 0 Å². The van der Waals surface area contributed by atoms with Crippen LogP contribution in [0.5, 0.6) is 0 Å². The fourth-order valence-corrected chi connectivity index (χ4v) is 1.67. The third-order valence-corrected chi connectivity index (χ3v) is 2.49. The molecule has 2 rings (SSSR count). The van der Waals surface area contributed by atoms with Gasteiger partial charge in [-0.15, -0.1) is 0 Å². The van der Waals surface area contributed by atoms with Crippen molar-refractivity contribution in [2.75, 3.05) is 17.7 Å². The zero-order valence-corrected chi connectivity index (χ0v) is 10.8. The average Bonchev–Trinajstić information content (AvgIpc) is 2.37. The van der Waals surface area contributed by atoms with Gasteiger partial charge in [0.2, 0.25) is 11.8 Å². The van der Waals surface area contributed by atoms with Gasteiger partial charge < -0.3 is 10.6 Å². The molecule has 0 aliphatic rings. The topological polar surface area (TPSA) is 93.0 Å². The number of aryl methyl sites for hydroxylation is 1. The van der Waals surface area contributed by atoms with Crippen LogP contribution >= 0.6 is 0 Å². The van der Waals surface area contributed by atoms with E-state index in [0.717, 1.165) is 6.20 Å².